The fourth-order valence-electron chi connectivity index (χ4n) is 4.55. The Morgan fingerprint density at radius 2 is 2.19 bits per heavy atom. The van der Waals surface area contributed by atoms with Gasteiger partial charge in [0, 0.05) is 39.0 Å². The SMILES string of the molecule is CC(C)CN1CC([N+]2=CC(Nc3ncc(Cl)c(NCCCN4CCCC4=O)n3)=CCC2)C1. The van der Waals surface area contributed by atoms with Crippen LogP contribution in [0.5, 0.6) is 0 Å². The molecule has 0 aromatic carbocycles. The molecule has 1 amide bonds. The van der Waals surface area contributed by atoms with Crippen molar-refractivity contribution >= 4 is 35.5 Å². The zero-order valence-corrected chi connectivity index (χ0v) is 19.9. The topological polar surface area (TPSA) is 76.4 Å². The standard InChI is InChI=1S/C23H35ClN7O/c1-17(2)13-29-15-19(16-29)31-10-3-6-18(14-31)27-23-26-12-20(24)22(28-23)25-8-5-11-30-9-4-7-21(30)32/h6,12,14,17,19H,3-5,7-11,13,15-16H2,1-2H3,(H2,25,26,27,28)/q+1. The number of nitrogens with zero attached hydrogens (tertiary/aromatic N) is 5. The molecule has 0 radical (unpaired) electrons. The Balaban J connectivity index is 1.28. The van der Waals surface area contributed by atoms with Gasteiger partial charge in [0.2, 0.25) is 11.9 Å². The van der Waals surface area contributed by atoms with Crippen LogP contribution in [0.15, 0.2) is 18.0 Å². The Kier molecular flexibility index (Phi) is 7.63. The van der Waals surface area contributed by atoms with Crippen LogP contribution in [-0.2, 0) is 4.79 Å². The predicted molar refractivity (Wildman–Crippen MR) is 129 cm³/mol. The maximum absolute atomic E-state index is 11.7. The number of aromatic nitrogens is 2. The molecule has 174 valence electrons. The van der Waals surface area contributed by atoms with E-state index in [1.807, 2.05) is 4.90 Å². The highest BCUT2D eigenvalue weighted by molar-refractivity contribution is 6.32. The van der Waals surface area contributed by atoms with E-state index >= 15 is 0 Å². The second-order valence-corrected chi connectivity index (χ2v) is 9.77. The van der Waals surface area contributed by atoms with Gasteiger partial charge in [0.05, 0.1) is 19.3 Å². The second-order valence-electron chi connectivity index (χ2n) is 9.36. The molecule has 0 spiro atoms. The Morgan fingerprint density at radius 1 is 1.34 bits per heavy atom. The average molecular weight is 461 g/mol. The Labute approximate surface area is 195 Å². The van der Waals surface area contributed by atoms with Gasteiger partial charge in [-0.2, -0.15) is 4.98 Å². The third kappa shape index (κ3) is 5.98. The van der Waals surface area contributed by atoms with E-state index in [9.17, 15) is 4.79 Å². The number of allylic oxidation sites excluding steroid dienone is 1. The Hall–Kier alpha value is -2.19. The van der Waals surface area contributed by atoms with E-state index in [4.69, 9.17) is 11.6 Å². The third-order valence-corrected chi connectivity index (χ3v) is 6.43. The number of amides is 1. The van der Waals surface area contributed by atoms with Crippen molar-refractivity contribution in [3.63, 3.8) is 0 Å². The zero-order chi connectivity index (χ0) is 22.5. The fourth-order valence-corrected chi connectivity index (χ4v) is 4.71. The molecule has 0 bridgehead atoms. The van der Waals surface area contributed by atoms with Crippen molar-refractivity contribution in [2.24, 2.45) is 5.92 Å². The van der Waals surface area contributed by atoms with Gasteiger partial charge in [-0.15, -0.1) is 0 Å². The lowest BCUT2D eigenvalue weighted by molar-refractivity contribution is -0.576. The lowest BCUT2D eigenvalue weighted by atomic mass is 10.0. The molecule has 2 N–H and O–H groups in total. The quantitative estimate of drug-likeness (QED) is 0.413. The number of rotatable bonds is 10. The first-order valence-corrected chi connectivity index (χ1v) is 12.2. The van der Waals surface area contributed by atoms with E-state index < -0.39 is 0 Å². The molecule has 3 aliphatic rings. The first-order chi connectivity index (χ1) is 15.5. The van der Waals surface area contributed by atoms with Gasteiger partial charge in [-0.25, -0.2) is 9.56 Å². The normalized spacial score (nSPS) is 19.8. The summed E-state index contributed by atoms with van der Waals surface area (Å²) in [6, 6.07) is 0.588. The summed E-state index contributed by atoms with van der Waals surface area (Å²) in [6.07, 6.45) is 9.53. The average Bonchev–Trinajstić information content (AvgIpc) is 3.14. The van der Waals surface area contributed by atoms with Crippen LogP contribution in [0.4, 0.5) is 11.8 Å². The van der Waals surface area contributed by atoms with Crippen LogP contribution in [0.2, 0.25) is 5.02 Å². The van der Waals surface area contributed by atoms with Crippen molar-refractivity contribution < 1.29 is 9.37 Å². The van der Waals surface area contributed by atoms with Crippen molar-refractivity contribution in [3.05, 3.63) is 23.0 Å². The molecule has 4 rings (SSSR count). The van der Waals surface area contributed by atoms with Gasteiger partial charge >= 0.3 is 0 Å². The molecule has 0 atom stereocenters. The minimum Gasteiger partial charge on any atom is -0.369 e. The van der Waals surface area contributed by atoms with Gasteiger partial charge in [0.1, 0.15) is 23.1 Å². The first-order valence-electron chi connectivity index (χ1n) is 11.8. The molecule has 32 heavy (non-hydrogen) atoms. The molecular weight excluding hydrogens is 426 g/mol. The summed E-state index contributed by atoms with van der Waals surface area (Å²) in [5, 5.41) is 7.13. The van der Waals surface area contributed by atoms with E-state index in [1.54, 1.807) is 6.20 Å². The van der Waals surface area contributed by atoms with Gasteiger partial charge < -0.3 is 15.5 Å². The molecule has 2 fully saturated rings. The Bertz CT molecular complexity index is 879. The van der Waals surface area contributed by atoms with Gasteiger partial charge in [-0.3, -0.25) is 9.69 Å². The van der Waals surface area contributed by atoms with Crippen LogP contribution in [0.3, 0.4) is 0 Å². The Morgan fingerprint density at radius 3 is 2.94 bits per heavy atom. The van der Waals surface area contributed by atoms with Gasteiger partial charge in [-0.05, 0) is 24.8 Å². The number of carbonyl (C=O) groups excluding carboxylic acids is 1. The molecule has 0 aliphatic carbocycles. The minimum absolute atomic E-state index is 0.261. The zero-order valence-electron chi connectivity index (χ0n) is 19.2. The molecule has 2 saturated heterocycles. The van der Waals surface area contributed by atoms with E-state index in [0.717, 1.165) is 57.7 Å². The van der Waals surface area contributed by atoms with Crippen molar-refractivity contribution in [2.75, 3.05) is 56.4 Å². The van der Waals surface area contributed by atoms with E-state index in [1.165, 1.54) is 6.54 Å². The van der Waals surface area contributed by atoms with E-state index in [2.05, 4.69) is 56.2 Å². The molecule has 0 unspecified atom stereocenters. The fraction of sp³-hybridized carbons (Fsp3) is 0.652. The van der Waals surface area contributed by atoms with Crippen molar-refractivity contribution in [2.45, 2.75) is 45.6 Å². The molecule has 1 aromatic heterocycles. The monoisotopic (exact) mass is 460 g/mol. The van der Waals surface area contributed by atoms with E-state index in [-0.39, 0.29) is 5.91 Å². The minimum atomic E-state index is 0.261. The molecule has 9 heteroatoms. The number of hydrogen-bond acceptors (Lipinski definition) is 6. The molecule has 8 nitrogen and oxygen atoms in total. The number of carbonyl (C=O) groups is 1. The summed E-state index contributed by atoms with van der Waals surface area (Å²) in [4.78, 5) is 25.1. The largest absolute Gasteiger partial charge is 0.369 e. The van der Waals surface area contributed by atoms with Gasteiger partial charge in [-0.1, -0.05) is 25.4 Å². The number of nitrogens with one attached hydrogen (secondary N) is 2. The molecule has 4 heterocycles. The summed E-state index contributed by atoms with van der Waals surface area (Å²) >= 11 is 6.29. The highest BCUT2D eigenvalue weighted by Crippen LogP contribution is 2.21. The summed E-state index contributed by atoms with van der Waals surface area (Å²) in [6.45, 7) is 11.4. The van der Waals surface area contributed by atoms with Crippen LogP contribution in [-0.4, -0.2) is 88.3 Å². The van der Waals surface area contributed by atoms with Gasteiger partial charge in [0.15, 0.2) is 12.3 Å². The number of hydrogen-bond donors (Lipinski definition) is 2. The number of anilines is 2. The smallest absolute Gasteiger partial charge is 0.229 e. The van der Waals surface area contributed by atoms with Gasteiger partial charge in [0.25, 0.3) is 0 Å². The van der Waals surface area contributed by atoms with Crippen LogP contribution < -0.4 is 10.6 Å². The highest BCUT2D eigenvalue weighted by atomic mass is 35.5. The first kappa shape index (κ1) is 23.0. The molecule has 3 aliphatic heterocycles. The molecular formula is C23H35ClN7O+. The van der Waals surface area contributed by atoms with Crippen molar-refractivity contribution in [1.82, 2.24) is 19.8 Å². The predicted octanol–water partition coefficient (Wildman–Crippen LogP) is 2.68. The highest BCUT2D eigenvalue weighted by Gasteiger charge is 2.35. The lowest BCUT2D eigenvalue weighted by Crippen LogP contribution is -2.57. The van der Waals surface area contributed by atoms with E-state index in [0.29, 0.717) is 41.7 Å². The number of likely N-dealkylation sites (tertiary alicyclic amines) is 2. The summed E-state index contributed by atoms with van der Waals surface area (Å²) in [5.74, 6) is 2.13. The van der Waals surface area contributed by atoms with Crippen molar-refractivity contribution in [3.8, 4) is 0 Å². The van der Waals surface area contributed by atoms with Crippen LogP contribution in [0, 0.1) is 5.92 Å². The second kappa shape index (κ2) is 10.6. The lowest BCUT2D eigenvalue weighted by Gasteiger charge is -2.38. The third-order valence-electron chi connectivity index (χ3n) is 6.16. The molecule has 1 aromatic rings. The summed E-state index contributed by atoms with van der Waals surface area (Å²) < 4.78 is 2.44. The van der Waals surface area contributed by atoms with Crippen LogP contribution in [0.1, 0.15) is 39.5 Å². The maximum Gasteiger partial charge on any atom is 0.229 e. The maximum atomic E-state index is 11.7. The number of halogens is 1. The van der Waals surface area contributed by atoms with Crippen molar-refractivity contribution in [1.29, 1.82) is 0 Å². The molecule has 0 saturated carbocycles. The summed E-state index contributed by atoms with van der Waals surface area (Å²) in [5.41, 5.74) is 1.03. The van der Waals surface area contributed by atoms with Crippen LogP contribution in [0.25, 0.3) is 0 Å². The summed E-state index contributed by atoms with van der Waals surface area (Å²) in [7, 11) is 0. The van der Waals surface area contributed by atoms with Crippen LogP contribution >= 0.6 is 11.6 Å².